The first-order valence-corrected chi connectivity index (χ1v) is 9.11. The van der Waals surface area contributed by atoms with Crippen molar-refractivity contribution in [3.63, 3.8) is 0 Å². The fraction of sp³-hybridized carbons (Fsp3) is 0.421. The van der Waals surface area contributed by atoms with Crippen LogP contribution in [0.15, 0.2) is 18.2 Å². The van der Waals surface area contributed by atoms with E-state index in [0.717, 1.165) is 0 Å². The molecule has 2 heterocycles. The first-order valence-electron chi connectivity index (χ1n) is 8.73. The Labute approximate surface area is 162 Å². The SMILES string of the molecule is Cc1nc(N2CCC(C#N)(CN)CC2)c(CO)nc1-c1cccc(F)c1Cl. The van der Waals surface area contributed by atoms with E-state index in [1.807, 2.05) is 4.90 Å². The van der Waals surface area contributed by atoms with Crippen molar-refractivity contribution < 1.29 is 9.50 Å². The van der Waals surface area contributed by atoms with Crippen LogP contribution in [0, 0.1) is 29.5 Å². The summed E-state index contributed by atoms with van der Waals surface area (Å²) in [7, 11) is 0. The van der Waals surface area contributed by atoms with Gasteiger partial charge < -0.3 is 15.7 Å². The molecule has 6 nitrogen and oxygen atoms in total. The van der Waals surface area contributed by atoms with E-state index < -0.39 is 11.2 Å². The number of rotatable bonds is 4. The summed E-state index contributed by atoms with van der Waals surface area (Å²) in [4.78, 5) is 11.1. The first kappa shape index (κ1) is 19.5. The van der Waals surface area contributed by atoms with Crippen LogP contribution in [-0.4, -0.2) is 34.7 Å². The summed E-state index contributed by atoms with van der Waals surface area (Å²) in [5.41, 5.74) is 7.13. The van der Waals surface area contributed by atoms with Gasteiger partial charge in [0, 0.05) is 25.2 Å². The molecule has 0 radical (unpaired) electrons. The Bertz CT molecular complexity index is 890. The number of nitriles is 1. The zero-order valence-corrected chi connectivity index (χ0v) is 15.8. The van der Waals surface area contributed by atoms with Crippen molar-refractivity contribution >= 4 is 17.4 Å². The van der Waals surface area contributed by atoms with Crippen molar-refractivity contribution in [3.8, 4) is 17.3 Å². The van der Waals surface area contributed by atoms with Gasteiger partial charge in [-0.25, -0.2) is 14.4 Å². The third-order valence-electron chi connectivity index (χ3n) is 5.13. The number of nitrogens with zero attached hydrogens (tertiary/aromatic N) is 4. The summed E-state index contributed by atoms with van der Waals surface area (Å²) in [6.07, 6.45) is 1.26. The Morgan fingerprint density at radius 1 is 1.37 bits per heavy atom. The fourth-order valence-corrected chi connectivity index (χ4v) is 3.57. The number of nitrogens with two attached hydrogens (primary N) is 1. The highest BCUT2D eigenvalue weighted by Gasteiger charge is 2.34. The minimum absolute atomic E-state index is 0.0220. The summed E-state index contributed by atoms with van der Waals surface area (Å²) in [6, 6.07) is 6.85. The lowest BCUT2D eigenvalue weighted by Gasteiger charge is -2.37. The van der Waals surface area contributed by atoms with Gasteiger partial charge in [-0.05, 0) is 25.8 Å². The zero-order valence-electron chi connectivity index (χ0n) is 15.0. The number of hydrogen-bond donors (Lipinski definition) is 2. The lowest BCUT2D eigenvalue weighted by atomic mass is 9.80. The standard InChI is InChI=1S/C19H21ClFN5O/c1-12-17(13-3-2-4-14(21)16(13)20)25-15(9-27)18(24-12)26-7-5-19(10-22,11-23)6-8-26/h2-4,27H,5-10,22H2,1H3. The Hall–Kier alpha value is -2.27. The molecular weight excluding hydrogens is 369 g/mol. The molecule has 0 unspecified atom stereocenters. The number of halogens is 2. The van der Waals surface area contributed by atoms with Crippen LogP contribution < -0.4 is 10.6 Å². The quantitative estimate of drug-likeness (QED) is 0.834. The molecule has 1 aromatic carbocycles. The van der Waals surface area contributed by atoms with Gasteiger partial charge in [-0.15, -0.1) is 0 Å². The summed E-state index contributed by atoms with van der Waals surface area (Å²) < 4.78 is 13.8. The lowest BCUT2D eigenvalue weighted by Crippen LogP contribution is -2.44. The number of aliphatic hydroxyl groups is 1. The second kappa shape index (κ2) is 7.77. The minimum Gasteiger partial charge on any atom is -0.390 e. The van der Waals surface area contributed by atoms with Gasteiger partial charge in [-0.3, -0.25) is 0 Å². The van der Waals surface area contributed by atoms with Crippen LogP contribution in [0.3, 0.4) is 0 Å². The normalized spacial score (nSPS) is 16.2. The van der Waals surface area contributed by atoms with Crippen LogP contribution in [0.1, 0.15) is 24.2 Å². The number of aromatic nitrogens is 2. The maximum absolute atomic E-state index is 13.8. The third kappa shape index (κ3) is 3.61. The monoisotopic (exact) mass is 389 g/mol. The smallest absolute Gasteiger partial charge is 0.153 e. The molecule has 0 amide bonds. The summed E-state index contributed by atoms with van der Waals surface area (Å²) >= 11 is 6.09. The van der Waals surface area contributed by atoms with E-state index in [2.05, 4.69) is 16.0 Å². The van der Waals surface area contributed by atoms with Crippen molar-refractivity contribution in [2.75, 3.05) is 24.5 Å². The van der Waals surface area contributed by atoms with Crippen LogP contribution in [0.4, 0.5) is 10.2 Å². The average molecular weight is 390 g/mol. The largest absolute Gasteiger partial charge is 0.390 e. The molecule has 8 heteroatoms. The minimum atomic E-state index is -0.532. The van der Waals surface area contributed by atoms with Gasteiger partial charge in [-0.2, -0.15) is 5.26 Å². The molecular formula is C19H21ClFN5O. The zero-order chi connectivity index (χ0) is 19.6. The van der Waals surface area contributed by atoms with Gasteiger partial charge >= 0.3 is 0 Å². The average Bonchev–Trinajstić information content (AvgIpc) is 2.70. The summed E-state index contributed by atoms with van der Waals surface area (Å²) in [5.74, 6) is 0.0467. The van der Waals surface area contributed by atoms with Crippen LogP contribution in [-0.2, 0) is 6.61 Å². The van der Waals surface area contributed by atoms with Gasteiger partial charge in [0.1, 0.15) is 11.5 Å². The molecule has 0 atom stereocenters. The van der Waals surface area contributed by atoms with Crippen LogP contribution in [0.5, 0.6) is 0 Å². The Morgan fingerprint density at radius 2 is 2.07 bits per heavy atom. The maximum atomic E-state index is 13.8. The summed E-state index contributed by atoms with van der Waals surface area (Å²) in [6.45, 7) is 3.00. The van der Waals surface area contributed by atoms with E-state index in [1.54, 1.807) is 19.1 Å². The van der Waals surface area contributed by atoms with Gasteiger partial charge in [-0.1, -0.05) is 23.7 Å². The Kier molecular flexibility index (Phi) is 5.61. The lowest BCUT2D eigenvalue weighted by molar-refractivity contribution is 0.274. The molecule has 1 fully saturated rings. The van der Waals surface area contributed by atoms with E-state index in [1.165, 1.54) is 6.07 Å². The van der Waals surface area contributed by atoms with E-state index in [-0.39, 0.29) is 11.6 Å². The number of benzene rings is 1. The number of hydrogen-bond acceptors (Lipinski definition) is 6. The predicted molar refractivity (Wildman–Crippen MR) is 102 cm³/mol. The van der Waals surface area contributed by atoms with E-state index in [0.29, 0.717) is 60.9 Å². The second-order valence-electron chi connectivity index (χ2n) is 6.77. The molecule has 0 aliphatic carbocycles. The van der Waals surface area contributed by atoms with E-state index in [9.17, 15) is 14.8 Å². The predicted octanol–water partition coefficient (Wildman–Crippen LogP) is 2.81. The van der Waals surface area contributed by atoms with Gasteiger partial charge in [0.25, 0.3) is 0 Å². The van der Waals surface area contributed by atoms with Gasteiger partial charge in [0.15, 0.2) is 5.82 Å². The molecule has 1 aliphatic rings. The number of piperidine rings is 1. The van der Waals surface area contributed by atoms with E-state index in [4.69, 9.17) is 17.3 Å². The molecule has 1 aliphatic heterocycles. The van der Waals surface area contributed by atoms with Crippen molar-refractivity contribution in [1.82, 2.24) is 9.97 Å². The molecule has 142 valence electrons. The number of anilines is 1. The highest BCUT2D eigenvalue weighted by Crippen LogP contribution is 2.35. The molecule has 3 rings (SSSR count). The van der Waals surface area contributed by atoms with Crippen molar-refractivity contribution in [2.45, 2.75) is 26.4 Å². The second-order valence-corrected chi connectivity index (χ2v) is 7.15. The molecule has 27 heavy (non-hydrogen) atoms. The van der Waals surface area contributed by atoms with Crippen molar-refractivity contribution in [1.29, 1.82) is 5.26 Å². The number of aliphatic hydroxyl groups excluding tert-OH is 1. The van der Waals surface area contributed by atoms with Crippen molar-refractivity contribution in [2.24, 2.45) is 11.1 Å². The Morgan fingerprint density at radius 3 is 2.67 bits per heavy atom. The van der Waals surface area contributed by atoms with Crippen LogP contribution >= 0.6 is 11.6 Å². The molecule has 0 bridgehead atoms. The first-order chi connectivity index (χ1) is 12.9. The fourth-order valence-electron chi connectivity index (χ4n) is 3.35. The number of aryl methyl sites for hydroxylation is 1. The van der Waals surface area contributed by atoms with Crippen LogP contribution in [0.2, 0.25) is 5.02 Å². The molecule has 2 aromatic rings. The molecule has 0 spiro atoms. The van der Waals surface area contributed by atoms with Crippen LogP contribution in [0.25, 0.3) is 11.3 Å². The molecule has 1 aromatic heterocycles. The molecule has 3 N–H and O–H groups in total. The maximum Gasteiger partial charge on any atom is 0.153 e. The third-order valence-corrected chi connectivity index (χ3v) is 5.51. The molecule has 0 saturated carbocycles. The highest BCUT2D eigenvalue weighted by atomic mass is 35.5. The van der Waals surface area contributed by atoms with Gasteiger partial charge in [0.2, 0.25) is 0 Å². The van der Waals surface area contributed by atoms with Crippen molar-refractivity contribution in [3.05, 3.63) is 40.4 Å². The Balaban J connectivity index is 1.97. The van der Waals surface area contributed by atoms with Gasteiger partial charge in [0.05, 0.1) is 34.5 Å². The topological polar surface area (TPSA) is 99.1 Å². The van der Waals surface area contributed by atoms with E-state index >= 15 is 0 Å². The molecule has 1 saturated heterocycles. The summed E-state index contributed by atoms with van der Waals surface area (Å²) in [5, 5.41) is 19.2. The highest BCUT2D eigenvalue weighted by molar-refractivity contribution is 6.33.